The molecule has 0 aliphatic heterocycles. The molecule has 0 unspecified atom stereocenters. The number of hydrogen-bond donors (Lipinski definition) is 1. The minimum absolute atomic E-state index is 0.246. The van der Waals surface area contributed by atoms with E-state index >= 15 is 0 Å². The van der Waals surface area contributed by atoms with Crippen LogP contribution >= 0.6 is 11.3 Å². The molecule has 0 aliphatic carbocycles. The molecule has 0 aliphatic rings. The molecule has 2 aromatic heterocycles. The van der Waals surface area contributed by atoms with E-state index in [-0.39, 0.29) is 5.82 Å². The van der Waals surface area contributed by atoms with Crippen LogP contribution in [0.1, 0.15) is 5.69 Å². The first-order valence-electron chi connectivity index (χ1n) is 5.00. The van der Waals surface area contributed by atoms with Gasteiger partial charge < -0.3 is 9.84 Å². The third-order valence-electron chi connectivity index (χ3n) is 2.26. The molecule has 0 atom stereocenters. The van der Waals surface area contributed by atoms with Gasteiger partial charge in [-0.05, 0) is 18.2 Å². The summed E-state index contributed by atoms with van der Waals surface area (Å²) in [6.07, 6.45) is 1.52. The molecule has 0 radical (unpaired) electrons. The molecule has 3 rings (SSSR count). The van der Waals surface area contributed by atoms with Crippen molar-refractivity contribution >= 4 is 26.7 Å². The van der Waals surface area contributed by atoms with Gasteiger partial charge in [0.25, 0.3) is 0 Å². The Balaban J connectivity index is 1.81. The average Bonchev–Trinajstić information content (AvgIpc) is 2.94. The van der Waals surface area contributed by atoms with Crippen LogP contribution in [0, 0.1) is 5.82 Å². The van der Waals surface area contributed by atoms with E-state index in [1.54, 1.807) is 12.1 Å². The summed E-state index contributed by atoms with van der Waals surface area (Å²) in [6, 6.07) is 6.33. The molecule has 0 fully saturated rings. The van der Waals surface area contributed by atoms with Gasteiger partial charge in [0.1, 0.15) is 17.8 Å². The van der Waals surface area contributed by atoms with E-state index in [1.165, 1.54) is 29.7 Å². The Hall–Kier alpha value is -1.95. The van der Waals surface area contributed by atoms with Crippen molar-refractivity contribution in [2.24, 2.45) is 0 Å². The SMILES string of the molecule is Fc1ccc2nc(NCc3ccon3)sc2c1. The second-order valence-corrected chi connectivity index (χ2v) is 4.51. The molecular formula is C11H8FN3OS. The summed E-state index contributed by atoms with van der Waals surface area (Å²) in [4.78, 5) is 4.34. The molecule has 3 aromatic rings. The van der Waals surface area contributed by atoms with E-state index in [4.69, 9.17) is 4.52 Å². The lowest BCUT2D eigenvalue weighted by molar-refractivity contribution is 0.412. The van der Waals surface area contributed by atoms with Crippen LogP contribution in [0.3, 0.4) is 0 Å². The van der Waals surface area contributed by atoms with Crippen LogP contribution < -0.4 is 5.32 Å². The zero-order valence-electron chi connectivity index (χ0n) is 8.68. The van der Waals surface area contributed by atoms with Gasteiger partial charge in [-0.1, -0.05) is 16.5 Å². The van der Waals surface area contributed by atoms with Crippen molar-refractivity contribution in [2.75, 3.05) is 5.32 Å². The second kappa shape index (κ2) is 4.14. The molecule has 0 saturated carbocycles. The normalized spacial score (nSPS) is 10.9. The fourth-order valence-corrected chi connectivity index (χ4v) is 2.36. The summed E-state index contributed by atoms with van der Waals surface area (Å²) in [5.74, 6) is -0.246. The molecule has 4 nitrogen and oxygen atoms in total. The Morgan fingerprint density at radius 3 is 3.12 bits per heavy atom. The number of fused-ring (bicyclic) bond motifs is 1. The first kappa shape index (κ1) is 10.2. The van der Waals surface area contributed by atoms with E-state index in [2.05, 4.69) is 15.5 Å². The van der Waals surface area contributed by atoms with Crippen molar-refractivity contribution in [1.82, 2.24) is 10.1 Å². The van der Waals surface area contributed by atoms with Crippen molar-refractivity contribution in [3.63, 3.8) is 0 Å². The molecule has 0 saturated heterocycles. The summed E-state index contributed by atoms with van der Waals surface area (Å²) in [5, 5.41) is 7.64. The van der Waals surface area contributed by atoms with Gasteiger partial charge in [0.05, 0.1) is 16.8 Å². The number of rotatable bonds is 3. The van der Waals surface area contributed by atoms with E-state index < -0.39 is 0 Å². The lowest BCUT2D eigenvalue weighted by Crippen LogP contribution is -1.98. The Morgan fingerprint density at radius 2 is 2.29 bits per heavy atom. The van der Waals surface area contributed by atoms with Crippen molar-refractivity contribution in [2.45, 2.75) is 6.54 Å². The summed E-state index contributed by atoms with van der Waals surface area (Å²) in [7, 11) is 0. The second-order valence-electron chi connectivity index (χ2n) is 3.48. The number of anilines is 1. The maximum Gasteiger partial charge on any atom is 0.184 e. The van der Waals surface area contributed by atoms with Crippen LogP contribution in [-0.4, -0.2) is 10.1 Å². The minimum atomic E-state index is -0.246. The number of thiazole rings is 1. The Labute approximate surface area is 100 Å². The number of aromatic nitrogens is 2. The predicted molar refractivity (Wildman–Crippen MR) is 63.4 cm³/mol. The monoisotopic (exact) mass is 249 g/mol. The van der Waals surface area contributed by atoms with Crippen molar-refractivity contribution < 1.29 is 8.91 Å². The highest BCUT2D eigenvalue weighted by Crippen LogP contribution is 2.26. The average molecular weight is 249 g/mol. The van der Waals surface area contributed by atoms with Gasteiger partial charge in [-0.15, -0.1) is 0 Å². The zero-order chi connectivity index (χ0) is 11.7. The molecule has 1 aromatic carbocycles. The van der Waals surface area contributed by atoms with Gasteiger partial charge in [0.2, 0.25) is 0 Å². The zero-order valence-corrected chi connectivity index (χ0v) is 9.50. The van der Waals surface area contributed by atoms with Gasteiger partial charge in [-0.2, -0.15) is 0 Å². The maximum atomic E-state index is 13.0. The lowest BCUT2D eigenvalue weighted by Gasteiger charge is -1.96. The molecule has 17 heavy (non-hydrogen) atoms. The van der Waals surface area contributed by atoms with Crippen molar-refractivity contribution in [1.29, 1.82) is 0 Å². The van der Waals surface area contributed by atoms with Crippen molar-refractivity contribution in [3.8, 4) is 0 Å². The van der Waals surface area contributed by atoms with E-state index in [1.807, 2.05) is 0 Å². The molecule has 0 bridgehead atoms. The summed E-state index contributed by atoms with van der Waals surface area (Å²) in [6.45, 7) is 0.540. The van der Waals surface area contributed by atoms with Crippen LogP contribution in [0.2, 0.25) is 0 Å². The number of nitrogens with one attached hydrogen (secondary N) is 1. The maximum absolute atomic E-state index is 13.0. The number of benzene rings is 1. The van der Waals surface area contributed by atoms with Gasteiger partial charge in [-0.25, -0.2) is 9.37 Å². The summed E-state index contributed by atoms with van der Waals surface area (Å²) < 4.78 is 18.5. The van der Waals surface area contributed by atoms with Crippen LogP contribution in [0.5, 0.6) is 0 Å². The largest absolute Gasteiger partial charge is 0.364 e. The highest BCUT2D eigenvalue weighted by atomic mass is 32.1. The lowest BCUT2D eigenvalue weighted by atomic mass is 10.3. The highest BCUT2D eigenvalue weighted by molar-refractivity contribution is 7.22. The molecule has 6 heteroatoms. The molecule has 1 N–H and O–H groups in total. The van der Waals surface area contributed by atoms with Gasteiger partial charge in [-0.3, -0.25) is 0 Å². The van der Waals surface area contributed by atoms with Crippen LogP contribution in [0.25, 0.3) is 10.2 Å². The Bertz CT molecular complexity index is 635. The third-order valence-corrected chi connectivity index (χ3v) is 3.24. The fourth-order valence-electron chi connectivity index (χ4n) is 1.47. The molecule has 86 valence electrons. The first-order valence-corrected chi connectivity index (χ1v) is 5.82. The minimum Gasteiger partial charge on any atom is -0.364 e. The standard InChI is InChI=1S/C11H8FN3OS/c12-7-1-2-9-10(5-7)17-11(14-9)13-6-8-3-4-16-15-8/h1-5H,6H2,(H,13,14). The van der Waals surface area contributed by atoms with Crippen LogP contribution in [0.15, 0.2) is 35.1 Å². The number of halogens is 1. The fraction of sp³-hybridized carbons (Fsp3) is 0.0909. The molecular weight excluding hydrogens is 241 g/mol. The number of hydrogen-bond acceptors (Lipinski definition) is 5. The summed E-state index contributed by atoms with van der Waals surface area (Å²) in [5.41, 5.74) is 1.59. The van der Waals surface area contributed by atoms with Crippen molar-refractivity contribution in [3.05, 3.63) is 42.0 Å². The summed E-state index contributed by atoms with van der Waals surface area (Å²) >= 11 is 1.41. The van der Waals surface area contributed by atoms with Gasteiger partial charge in [0, 0.05) is 6.07 Å². The smallest absolute Gasteiger partial charge is 0.184 e. The number of nitrogens with zero attached hydrogens (tertiary/aromatic N) is 2. The van der Waals surface area contributed by atoms with E-state index in [0.717, 1.165) is 21.0 Å². The third kappa shape index (κ3) is 2.12. The van der Waals surface area contributed by atoms with Crippen LogP contribution in [-0.2, 0) is 6.54 Å². The first-order chi connectivity index (χ1) is 8.31. The topological polar surface area (TPSA) is 51.0 Å². The van der Waals surface area contributed by atoms with E-state index in [9.17, 15) is 4.39 Å². The van der Waals surface area contributed by atoms with E-state index in [0.29, 0.717) is 6.54 Å². The Morgan fingerprint density at radius 1 is 1.35 bits per heavy atom. The van der Waals surface area contributed by atoms with Gasteiger partial charge in [0.15, 0.2) is 5.13 Å². The predicted octanol–water partition coefficient (Wildman–Crippen LogP) is 3.04. The molecule has 0 amide bonds. The van der Waals surface area contributed by atoms with Crippen LogP contribution in [0.4, 0.5) is 9.52 Å². The molecule has 0 spiro atoms. The highest BCUT2D eigenvalue weighted by Gasteiger charge is 2.05. The quantitative estimate of drug-likeness (QED) is 0.775. The molecule has 2 heterocycles. The Kier molecular flexibility index (Phi) is 2.49. The van der Waals surface area contributed by atoms with Gasteiger partial charge >= 0.3 is 0 Å².